The minimum absolute atomic E-state index is 0.110. The van der Waals surface area contributed by atoms with Gasteiger partial charge in [-0.1, -0.05) is 37.3 Å². The van der Waals surface area contributed by atoms with Crippen LogP contribution in [0.25, 0.3) is 0 Å². The number of hydrogen-bond donors (Lipinski definition) is 1. The van der Waals surface area contributed by atoms with Gasteiger partial charge < -0.3 is 5.32 Å². The molecule has 2 atom stereocenters. The minimum atomic E-state index is -4.46. The summed E-state index contributed by atoms with van der Waals surface area (Å²) in [7, 11) is 0. The van der Waals surface area contributed by atoms with Crippen LogP contribution >= 0.6 is 0 Å². The third-order valence-corrected chi connectivity index (χ3v) is 2.72. The molecule has 2 unspecified atom stereocenters. The molecule has 0 radical (unpaired) electrons. The maximum atomic E-state index is 12.3. The number of rotatable bonds is 5. The lowest BCUT2D eigenvalue weighted by Crippen LogP contribution is -2.34. The molecule has 18 heavy (non-hydrogen) atoms. The van der Waals surface area contributed by atoms with Gasteiger partial charge in [-0.3, -0.25) is 0 Å². The number of nitrogens with one attached hydrogen (secondary N) is 1. The molecule has 5 heteroatoms. The summed E-state index contributed by atoms with van der Waals surface area (Å²) in [5.74, 6) is -1.83. The van der Waals surface area contributed by atoms with Crippen LogP contribution in [0.1, 0.15) is 18.4 Å². The second-order valence-corrected chi connectivity index (χ2v) is 4.19. The number of benzene rings is 1. The van der Waals surface area contributed by atoms with Crippen molar-refractivity contribution >= 4 is 0 Å². The van der Waals surface area contributed by atoms with Crippen molar-refractivity contribution in [2.24, 2.45) is 5.92 Å². The molecule has 0 saturated carbocycles. The standard InChI is InChI=1S/C13H15F3N2/c1-10(11-5-3-2-4-6-11)8-18-9-12(7-17)13(14,15)16/h2-6,10,12,18H,8-9H2,1H3. The van der Waals surface area contributed by atoms with Crippen LogP contribution < -0.4 is 5.32 Å². The fourth-order valence-corrected chi connectivity index (χ4v) is 1.58. The minimum Gasteiger partial charge on any atom is -0.314 e. The first kappa shape index (κ1) is 14.5. The first-order valence-electron chi connectivity index (χ1n) is 5.67. The van der Waals surface area contributed by atoms with Crippen LogP contribution in [0.3, 0.4) is 0 Å². The van der Waals surface area contributed by atoms with Crippen molar-refractivity contribution in [2.75, 3.05) is 13.1 Å². The molecule has 1 N–H and O–H groups in total. The maximum Gasteiger partial charge on any atom is 0.405 e. The molecule has 2 nitrogen and oxygen atoms in total. The summed E-state index contributed by atoms with van der Waals surface area (Å²) in [6, 6.07) is 10.8. The Morgan fingerprint density at radius 1 is 1.22 bits per heavy atom. The SMILES string of the molecule is CC(CNCC(C#N)C(F)(F)F)c1ccccc1. The van der Waals surface area contributed by atoms with Gasteiger partial charge in [-0.15, -0.1) is 0 Å². The van der Waals surface area contributed by atoms with Gasteiger partial charge in [0.15, 0.2) is 5.92 Å². The summed E-state index contributed by atoms with van der Waals surface area (Å²) >= 11 is 0. The Hall–Kier alpha value is -1.54. The van der Waals surface area contributed by atoms with Crippen LogP contribution in [0.5, 0.6) is 0 Å². The van der Waals surface area contributed by atoms with Gasteiger partial charge in [0.1, 0.15) is 0 Å². The molecule has 0 aliphatic heterocycles. The van der Waals surface area contributed by atoms with Gasteiger partial charge in [0.05, 0.1) is 6.07 Å². The molecule has 0 saturated heterocycles. The number of halogens is 3. The Morgan fingerprint density at radius 2 is 1.83 bits per heavy atom. The number of nitriles is 1. The number of hydrogen-bond acceptors (Lipinski definition) is 2. The van der Waals surface area contributed by atoms with E-state index in [1.165, 1.54) is 6.07 Å². The summed E-state index contributed by atoms with van der Waals surface area (Å²) in [6.07, 6.45) is -4.46. The quantitative estimate of drug-likeness (QED) is 0.878. The van der Waals surface area contributed by atoms with Gasteiger partial charge in [-0.05, 0) is 11.5 Å². The van der Waals surface area contributed by atoms with Crippen LogP contribution in [0.4, 0.5) is 13.2 Å². The molecule has 0 amide bonds. The maximum absolute atomic E-state index is 12.3. The first-order valence-corrected chi connectivity index (χ1v) is 5.67. The van der Waals surface area contributed by atoms with E-state index in [0.29, 0.717) is 6.54 Å². The lowest BCUT2D eigenvalue weighted by Gasteiger charge is -2.16. The molecule has 0 aromatic heterocycles. The van der Waals surface area contributed by atoms with E-state index in [9.17, 15) is 13.2 Å². The fourth-order valence-electron chi connectivity index (χ4n) is 1.58. The molecule has 0 heterocycles. The second kappa shape index (κ2) is 6.41. The summed E-state index contributed by atoms with van der Waals surface area (Å²) in [5, 5.41) is 11.1. The molecule has 0 spiro atoms. The van der Waals surface area contributed by atoms with Gasteiger partial charge >= 0.3 is 6.18 Å². The largest absolute Gasteiger partial charge is 0.405 e. The van der Waals surface area contributed by atoms with E-state index < -0.39 is 12.1 Å². The Morgan fingerprint density at radius 3 is 2.33 bits per heavy atom. The van der Waals surface area contributed by atoms with Crippen LogP contribution in [0.15, 0.2) is 30.3 Å². The van der Waals surface area contributed by atoms with Crippen LogP contribution in [0, 0.1) is 17.2 Å². The smallest absolute Gasteiger partial charge is 0.314 e. The first-order chi connectivity index (χ1) is 8.45. The van der Waals surface area contributed by atoms with Crippen molar-refractivity contribution in [1.29, 1.82) is 5.26 Å². The number of nitrogens with zero attached hydrogens (tertiary/aromatic N) is 1. The van der Waals surface area contributed by atoms with Crippen molar-refractivity contribution < 1.29 is 13.2 Å². The fraction of sp³-hybridized carbons (Fsp3) is 0.462. The lowest BCUT2D eigenvalue weighted by atomic mass is 10.0. The van der Waals surface area contributed by atoms with E-state index in [-0.39, 0.29) is 12.5 Å². The average molecular weight is 256 g/mol. The van der Waals surface area contributed by atoms with Crippen LogP contribution in [-0.4, -0.2) is 19.3 Å². The molecule has 1 aromatic rings. The zero-order valence-corrected chi connectivity index (χ0v) is 10.0. The highest BCUT2D eigenvalue weighted by molar-refractivity contribution is 5.18. The third kappa shape index (κ3) is 4.38. The lowest BCUT2D eigenvalue weighted by molar-refractivity contribution is -0.157. The Labute approximate surface area is 104 Å². The van der Waals surface area contributed by atoms with Crippen molar-refractivity contribution in [2.45, 2.75) is 19.0 Å². The van der Waals surface area contributed by atoms with E-state index in [1.54, 1.807) is 0 Å². The summed E-state index contributed by atoms with van der Waals surface area (Å²) in [6.45, 7) is 1.98. The van der Waals surface area contributed by atoms with Crippen LogP contribution in [-0.2, 0) is 0 Å². The Kier molecular flexibility index (Phi) is 5.17. The third-order valence-electron chi connectivity index (χ3n) is 2.72. The van der Waals surface area contributed by atoms with Gasteiger partial charge in [-0.2, -0.15) is 18.4 Å². The van der Waals surface area contributed by atoms with E-state index in [2.05, 4.69) is 5.32 Å². The summed E-state index contributed by atoms with van der Waals surface area (Å²) in [4.78, 5) is 0. The average Bonchev–Trinajstić information content (AvgIpc) is 2.34. The topological polar surface area (TPSA) is 35.8 Å². The predicted molar refractivity (Wildman–Crippen MR) is 62.9 cm³/mol. The highest BCUT2D eigenvalue weighted by Crippen LogP contribution is 2.25. The van der Waals surface area contributed by atoms with Gasteiger partial charge in [0, 0.05) is 13.1 Å². The zero-order valence-electron chi connectivity index (χ0n) is 10.0. The molecular weight excluding hydrogens is 241 g/mol. The summed E-state index contributed by atoms with van der Waals surface area (Å²) < 4.78 is 36.9. The zero-order chi connectivity index (χ0) is 13.6. The van der Waals surface area contributed by atoms with Crippen molar-refractivity contribution in [1.82, 2.24) is 5.32 Å². The van der Waals surface area contributed by atoms with Gasteiger partial charge in [-0.25, -0.2) is 0 Å². The van der Waals surface area contributed by atoms with Gasteiger partial charge in [0.2, 0.25) is 0 Å². The molecule has 1 aromatic carbocycles. The molecule has 98 valence electrons. The number of alkyl halides is 3. The van der Waals surface area contributed by atoms with Crippen molar-refractivity contribution in [3.63, 3.8) is 0 Å². The van der Waals surface area contributed by atoms with E-state index >= 15 is 0 Å². The normalized spacial score (nSPS) is 14.8. The molecule has 0 aliphatic rings. The van der Waals surface area contributed by atoms with E-state index in [0.717, 1.165) is 5.56 Å². The predicted octanol–water partition coefficient (Wildman–Crippen LogP) is 3.08. The molecule has 1 rings (SSSR count). The molecule has 0 fully saturated rings. The second-order valence-electron chi connectivity index (χ2n) is 4.19. The van der Waals surface area contributed by atoms with Gasteiger partial charge in [0.25, 0.3) is 0 Å². The monoisotopic (exact) mass is 256 g/mol. The highest BCUT2D eigenvalue weighted by atomic mass is 19.4. The van der Waals surface area contributed by atoms with Crippen LogP contribution in [0.2, 0.25) is 0 Å². The van der Waals surface area contributed by atoms with E-state index in [1.807, 2.05) is 37.3 Å². The Bertz CT molecular complexity index is 395. The van der Waals surface area contributed by atoms with Crippen molar-refractivity contribution in [3.8, 4) is 6.07 Å². The van der Waals surface area contributed by atoms with E-state index in [4.69, 9.17) is 5.26 Å². The Balaban J connectivity index is 2.41. The highest BCUT2D eigenvalue weighted by Gasteiger charge is 2.39. The molecule has 0 aliphatic carbocycles. The van der Waals surface area contributed by atoms with Crippen molar-refractivity contribution in [3.05, 3.63) is 35.9 Å². The molecule has 0 bridgehead atoms. The molecular formula is C13H15F3N2. The summed E-state index contributed by atoms with van der Waals surface area (Å²) in [5.41, 5.74) is 1.06.